The van der Waals surface area contributed by atoms with Crippen molar-refractivity contribution in [3.63, 3.8) is 0 Å². The van der Waals surface area contributed by atoms with E-state index in [1.54, 1.807) is 7.11 Å². The fourth-order valence-corrected chi connectivity index (χ4v) is 2.23. The van der Waals surface area contributed by atoms with Gasteiger partial charge in [-0.15, -0.1) is 0 Å². The second-order valence-corrected chi connectivity index (χ2v) is 5.44. The summed E-state index contributed by atoms with van der Waals surface area (Å²) in [4.78, 5) is 0. The molecule has 0 radical (unpaired) electrons. The van der Waals surface area contributed by atoms with E-state index in [-0.39, 0.29) is 0 Å². The maximum absolute atomic E-state index is 10.2. The summed E-state index contributed by atoms with van der Waals surface area (Å²) in [6, 6.07) is 15.9. The topological polar surface area (TPSA) is 29.5 Å². The third-order valence-electron chi connectivity index (χ3n) is 3.02. The normalized spacial score (nSPS) is 12.4. The Kier molecular flexibility index (Phi) is 5.14. The van der Waals surface area contributed by atoms with Crippen molar-refractivity contribution in [2.75, 3.05) is 7.11 Å². The molecule has 0 aliphatic carbocycles. The number of rotatable bonds is 5. The van der Waals surface area contributed by atoms with Gasteiger partial charge in [-0.25, -0.2) is 0 Å². The van der Waals surface area contributed by atoms with Gasteiger partial charge in [0.15, 0.2) is 0 Å². The van der Waals surface area contributed by atoms with Crippen LogP contribution in [0.1, 0.15) is 22.8 Å². The molecule has 1 N–H and O–H groups in total. The van der Waals surface area contributed by atoms with Crippen LogP contribution in [0, 0.1) is 0 Å². The molecule has 0 aliphatic heterocycles. The molecule has 100 valence electrons. The number of halogens is 1. The fourth-order valence-electron chi connectivity index (χ4n) is 1.96. The summed E-state index contributed by atoms with van der Waals surface area (Å²) >= 11 is 3.40. The maximum atomic E-state index is 10.2. The minimum Gasteiger partial charge on any atom is -0.388 e. The van der Waals surface area contributed by atoms with Crippen LogP contribution >= 0.6 is 15.9 Å². The van der Waals surface area contributed by atoms with E-state index in [0.29, 0.717) is 13.0 Å². The summed E-state index contributed by atoms with van der Waals surface area (Å²) in [6.07, 6.45) is 0.148. The molecule has 0 saturated carbocycles. The molecular formula is C16H17BrO2. The standard InChI is InChI=1S/C16H17BrO2/c1-19-11-13-2-6-14(7-3-13)16(18)10-12-4-8-15(17)9-5-12/h2-9,16,18H,10-11H2,1H3. The molecule has 0 aliphatic rings. The van der Waals surface area contributed by atoms with Gasteiger partial charge in [0, 0.05) is 18.0 Å². The number of benzene rings is 2. The number of hydrogen-bond donors (Lipinski definition) is 1. The van der Waals surface area contributed by atoms with Crippen LogP contribution in [-0.4, -0.2) is 12.2 Å². The van der Waals surface area contributed by atoms with Gasteiger partial charge in [-0.3, -0.25) is 0 Å². The highest BCUT2D eigenvalue weighted by molar-refractivity contribution is 9.10. The highest BCUT2D eigenvalue weighted by Crippen LogP contribution is 2.20. The predicted octanol–water partition coefficient (Wildman–Crippen LogP) is 3.87. The van der Waals surface area contributed by atoms with E-state index in [0.717, 1.165) is 21.2 Å². The predicted molar refractivity (Wildman–Crippen MR) is 80.0 cm³/mol. The van der Waals surface area contributed by atoms with E-state index in [1.807, 2.05) is 48.5 Å². The van der Waals surface area contributed by atoms with Crippen LogP contribution in [0.2, 0.25) is 0 Å². The summed E-state index contributed by atoms with van der Waals surface area (Å²) in [7, 11) is 1.68. The number of aliphatic hydroxyl groups excluding tert-OH is 1. The van der Waals surface area contributed by atoms with Crippen LogP contribution in [0.3, 0.4) is 0 Å². The molecule has 0 aromatic heterocycles. The molecule has 2 rings (SSSR count). The Morgan fingerprint density at radius 3 is 2.16 bits per heavy atom. The Hall–Kier alpha value is -1.16. The van der Waals surface area contributed by atoms with Gasteiger partial charge in [0.05, 0.1) is 12.7 Å². The van der Waals surface area contributed by atoms with Gasteiger partial charge in [-0.1, -0.05) is 52.3 Å². The quantitative estimate of drug-likeness (QED) is 0.906. The molecule has 1 unspecified atom stereocenters. The van der Waals surface area contributed by atoms with Gasteiger partial charge in [0.1, 0.15) is 0 Å². The largest absolute Gasteiger partial charge is 0.388 e. The van der Waals surface area contributed by atoms with E-state index in [2.05, 4.69) is 15.9 Å². The molecule has 2 nitrogen and oxygen atoms in total. The van der Waals surface area contributed by atoms with Crippen LogP contribution < -0.4 is 0 Å². The number of hydrogen-bond acceptors (Lipinski definition) is 2. The lowest BCUT2D eigenvalue weighted by Gasteiger charge is -2.12. The van der Waals surface area contributed by atoms with E-state index in [4.69, 9.17) is 4.74 Å². The molecule has 0 amide bonds. The Morgan fingerprint density at radius 1 is 1.00 bits per heavy atom. The van der Waals surface area contributed by atoms with E-state index < -0.39 is 6.10 Å². The zero-order chi connectivity index (χ0) is 13.7. The first kappa shape index (κ1) is 14.3. The molecule has 0 heterocycles. The van der Waals surface area contributed by atoms with Crippen LogP contribution in [0.15, 0.2) is 53.0 Å². The molecule has 3 heteroatoms. The lowest BCUT2D eigenvalue weighted by atomic mass is 10.0. The first-order chi connectivity index (χ1) is 9.19. The molecule has 0 fully saturated rings. The minimum atomic E-state index is -0.474. The van der Waals surface area contributed by atoms with Crippen LogP contribution in [0.5, 0.6) is 0 Å². The van der Waals surface area contributed by atoms with Crippen molar-refractivity contribution in [3.8, 4) is 0 Å². The number of methoxy groups -OCH3 is 1. The summed E-state index contributed by atoms with van der Waals surface area (Å²) < 4.78 is 6.12. The first-order valence-electron chi connectivity index (χ1n) is 6.19. The van der Waals surface area contributed by atoms with Crippen molar-refractivity contribution >= 4 is 15.9 Å². The summed E-state index contributed by atoms with van der Waals surface area (Å²) in [5.41, 5.74) is 3.17. The Labute approximate surface area is 122 Å². The van der Waals surface area contributed by atoms with Gasteiger partial charge in [0.25, 0.3) is 0 Å². The number of ether oxygens (including phenoxy) is 1. The molecule has 1 atom stereocenters. The van der Waals surface area contributed by atoms with Crippen LogP contribution in [0.4, 0.5) is 0 Å². The number of aliphatic hydroxyl groups is 1. The highest BCUT2D eigenvalue weighted by Gasteiger charge is 2.08. The molecular weight excluding hydrogens is 304 g/mol. The zero-order valence-corrected chi connectivity index (χ0v) is 12.4. The maximum Gasteiger partial charge on any atom is 0.0830 e. The van der Waals surface area contributed by atoms with Gasteiger partial charge in [0.2, 0.25) is 0 Å². The van der Waals surface area contributed by atoms with Crippen LogP contribution in [0.25, 0.3) is 0 Å². The minimum absolute atomic E-state index is 0.474. The highest BCUT2D eigenvalue weighted by atomic mass is 79.9. The molecule has 0 saturated heterocycles. The smallest absolute Gasteiger partial charge is 0.0830 e. The lowest BCUT2D eigenvalue weighted by molar-refractivity contribution is 0.177. The molecule has 2 aromatic rings. The van der Waals surface area contributed by atoms with E-state index in [1.165, 1.54) is 0 Å². The molecule has 2 aromatic carbocycles. The van der Waals surface area contributed by atoms with Gasteiger partial charge in [-0.05, 0) is 28.8 Å². The van der Waals surface area contributed by atoms with Crippen LogP contribution in [-0.2, 0) is 17.8 Å². The first-order valence-corrected chi connectivity index (χ1v) is 6.98. The second kappa shape index (κ2) is 6.85. The van der Waals surface area contributed by atoms with Gasteiger partial charge >= 0.3 is 0 Å². The van der Waals surface area contributed by atoms with Crippen molar-refractivity contribution in [2.24, 2.45) is 0 Å². The van der Waals surface area contributed by atoms with E-state index >= 15 is 0 Å². The average molecular weight is 321 g/mol. The summed E-state index contributed by atoms with van der Waals surface area (Å²) in [5.74, 6) is 0. The SMILES string of the molecule is COCc1ccc(C(O)Cc2ccc(Br)cc2)cc1. The van der Waals surface area contributed by atoms with E-state index in [9.17, 15) is 5.11 Å². The Morgan fingerprint density at radius 2 is 1.58 bits per heavy atom. The molecule has 0 spiro atoms. The van der Waals surface area contributed by atoms with Crippen molar-refractivity contribution < 1.29 is 9.84 Å². The van der Waals surface area contributed by atoms with Crippen molar-refractivity contribution in [2.45, 2.75) is 19.1 Å². The van der Waals surface area contributed by atoms with Gasteiger partial charge in [-0.2, -0.15) is 0 Å². The van der Waals surface area contributed by atoms with Gasteiger partial charge < -0.3 is 9.84 Å². The van der Waals surface area contributed by atoms with Crippen molar-refractivity contribution in [1.82, 2.24) is 0 Å². The zero-order valence-electron chi connectivity index (χ0n) is 10.8. The lowest BCUT2D eigenvalue weighted by Crippen LogP contribution is -2.02. The fraction of sp³-hybridized carbons (Fsp3) is 0.250. The summed E-state index contributed by atoms with van der Waals surface area (Å²) in [6.45, 7) is 0.600. The Balaban J connectivity index is 2.02. The molecule has 0 bridgehead atoms. The van der Waals surface area contributed by atoms with Crippen molar-refractivity contribution in [1.29, 1.82) is 0 Å². The Bertz CT molecular complexity index is 505. The third-order valence-corrected chi connectivity index (χ3v) is 3.55. The van der Waals surface area contributed by atoms with Crippen molar-refractivity contribution in [3.05, 3.63) is 69.7 Å². The second-order valence-electron chi connectivity index (χ2n) is 4.52. The average Bonchev–Trinajstić information content (AvgIpc) is 2.42. The third kappa shape index (κ3) is 4.16. The molecule has 19 heavy (non-hydrogen) atoms. The summed E-state index contributed by atoms with van der Waals surface area (Å²) in [5, 5.41) is 10.2. The monoisotopic (exact) mass is 320 g/mol.